The van der Waals surface area contributed by atoms with Crippen molar-refractivity contribution in [2.75, 3.05) is 68.2 Å². The van der Waals surface area contributed by atoms with Gasteiger partial charge >= 0.3 is 0 Å². The predicted molar refractivity (Wildman–Crippen MR) is 205 cm³/mol. The number of aromatic nitrogens is 2. The Balaban J connectivity index is 1.22. The van der Waals surface area contributed by atoms with Gasteiger partial charge in [0, 0.05) is 73.9 Å². The Hall–Kier alpha value is -4.27. The second-order valence-electron chi connectivity index (χ2n) is 12.7. The molecule has 0 atom stereocenters. The molecule has 6 aromatic rings. The van der Waals surface area contributed by atoms with Gasteiger partial charge in [-0.2, -0.15) is 0 Å². The molecule has 0 radical (unpaired) electrons. The second kappa shape index (κ2) is 13.8. The van der Waals surface area contributed by atoms with E-state index in [-0.39, 0.29) is 9.96 Å². The summed E-state index contributed by atoms with van der Waals surface area (Å²) in [5.74, 6) is 0.0860. The number of piperazine rings is 1. The monoisotopic (exact) mass is 728 g/mol. The number of aromatic amines is 1. The zero-order chi connectivity index (χ0) is 35.0. The molecule has 1 N–H and O–H groups in total. The molecule has 0 saturated carbocycles. The van der Waals surface area contributed by atoms with E-state index >= 15 is 0 Å². The van der Waals surface area contributed by atoms with Crippen LogP contribution in [0, 0.1) is 0 Å². The van der Waals surface area contributed by atoms with Crippen LogP contribution in [0.2, 0.25) is 0 Å². The number of nitrogens with one attached hydrogen (secondary N) is 1. The summed E-state index contributed by atoms with van der Waals surface area (Å²) < 4.78 is 56.4. The standard InChI is InChI=1S/C37H40N6O4S3/c1-40-19-21-43(22-20-40)18-8-24-49(44,45)41(2)29-14-12-27(13-15-29)32-26-38-37-36(35(32)28-9-5-4-6-10-28)31-25-30(16-17-33(31)39-37)42(3)50(46,47)34-11-7-23-48-34/h4-7,9-17,23,25-26H,8,18-22,24H2,1-3H3,(H,38,39). The number of likely N-dealkylation sites (N-methyl/N-ethyl adjacent to an activating group) is 1. The maximum absolute atomic E-state index is 13.4. The van der Waals surface area contributed by atoms with Crippen molar-refractivity contribution >= 4 is 64.7 Å². The normalized spacial score (nSPS) is 14.8. The van der Waals surface area contributed by atoms with Crippen LogP contribution in [0.1, 0.15) is 6.42 Å². The number of H-pyrrole nitrogens is 1. The summed E-state index contributed by atoms with van der Waals surface area (Å²) >= 11 is 1.19. The molecule has 3 aromatic heterocycles. The predicted octanol–water partition coefficient (Wildman–Crippen LogP) is 6.34. The molecule has 260 valence electrons. The van der Waals surface area contributed by atoms with Gasteiger partial charge in [0.05, 0.1) is 17.1 Å². The van der Waals surface area contributed by atoms with Crippen molar-refractivity contribution in [1.82, 2.24) is 19.8 Å². The van der Waals surface area contributed by atoms with Gasteiger partial charge in [0.25, 0.3) is 10.0 Å². The zero-order valence-electron chi connectivity index (χ0n) is 28.3. The van der Waals surface area contributed by atoms with Crippen LogP contribution in [0.5, 0.6) is 0 Å². The third kappa shape index (κ3) is 6.63. The second-order valence-corrected chi connectivity index (χ2v) is 18.0. The van der Waals surface area contributed by atoms with Crippen LogP contribution >= 0.6 is 11.3 Å². The average Bonchev–Trinajstić information content (AvgIpc) is 3.81. The number of anilines is 2. The van der Waals surface area contributed by atoms with Gasteiger partial charge in [0.15, 0.2) is 0 Å². The summed E-state index contributed by atoms with van der Waals surface area (Å²) in [5.41, 5.74) is 6.32. The summed E-state index contributed by atoms with van der Waals surface area (Å²) in [6, 6.07) is 26.5. The summed E-state index contributed by atoms with van der Waals surface area (Å²) in [6.07, 6.45) is 2.42. The number of pyridine rings is 1. The highest BCUT2D eigenvalue weighted by Crippen LogP contribution is 2.42. The molecule has 4 heterocycles. The lowest BCUT2D eigenvalue weighted by Crippen LogP contribution is -2.45. The fourth-order valence-electron chi connectivity index (χ4n) is 6.54. The molecule has 0 amide bonds. The molecule has 13 heteroatoms. The first kappa shape index (κ1) is 34.2. The Labute approximate surface area is 297 Å². The third-order valence-electron chi connectivity index (χ3n) is 9.57. The molecule has 1 aliphatic rings. The fraction of sp³-hybridized carbons (Fsp3) is 0.270. The highest BCUT2D eigenvalue weighted by atomic mass is 32.2. The van der Waals surface area contributed by atoms with E-state index in [1.54, 1.807) is 37.7 Å². The molecule has 10 nitrogen and oxygen atoms in total. The van der Waals surface area contributed by atoms with Gasteiger partial charge in [-0.15, -0.1) is 11.3 Å². The van der Waals surface area contributed by atoms with Crippen LogP contribution in [-0.4, -0.2) is 96.2 Å². The summed E-state index contributed by atoms with van der Waals surface area (Å²) in [7, 11) is -1.93. The van der Waals surface area contributed by atoms with Crippen molar-refractivity contribution in [3.05, 3.63) is 96.5 Å². The number of nitrogens with zero attached hydrogens (tertiary/aromatic N) is 5. The lowest BCUT2D eigenvalue weighted by atomic mass is 9.92. The topological polar surface area (TPSA) is 110 Å². The van der Waals surface area contributed by atoms with E-state index in [2.05, 4.69) is 21.8 Å². The quantitative estimate of drug-likeness (QED) is 0.166. The first-order valence-corrected chi connectivity index (χ1v) is 20.5. The third-order valence-corrected chi connectivity index (χ3v) is 14.6. The Kier molecular flexibility index (Phi) is 9.44. The van der Waals surface area contributed by atoms with Crippen molar-refractivity contribution in [3.8, 4) is 22.3 Å². The van der Waals surface area contributed by atoms with Gasteiger partial charge in [-0.3, -0.25) is 8.61 Å². The minimum Gasteiger partial charge on any atom is -0.339 e. The molecule has 1 aliphatic heterocycles. The smallest absolute Gasteiger partial charge is 0.273 e. The maximum atomic E-state index is 13.4. The van der Waals surface area contributed by atoms with E-state index in [1.165, 1.54) is 19.9 Å². The van der Waals surface area contributed by atoms with E-state index < -0.39 is 20.0 Å². The largest absolute Gasteiger partial charge is 0.339 e. The van der Waals surface area contributed by atoms with Gasteiger partial charge in [0.1, 0.15) is 9.86 Å². The van der Waals surface area contributed by atoms with Crippen molar-refractivity contribution in [1.29, 1.82) is 0 Å². The summed E-state index contributed by atoms with van der Waals surface area (Å²) in [5, 5.41) is 3.47. The molecule has 7 rings (SSSR count). The van der Waals surface area contributed by atoms with E-state index in [0.29, 0.717) is 23.4 Å². The average molecular weight is 729 g/mol. The fourth-order valence-corrected chi connectivity index (χ4v) is 10.1. The molecule has 0 aliphatic carbocycles. The van der Waals surface area contributed by atoms with E-state index in [0.717, 1.165) is 71.3 Å². The van der Waals surface area contributed by atoms with Crippen LogP contribution in [0.3, 0.4) is 0 Å². The molecule has 0 bridgehead atoms. The van der Waals surface area contributed by atoms with Gasteiger partial charge in [0.2, 0.25) is 10.0 Å². The summed E-state index contributed by atoms with van der Waals surface area (Å²) in [4.78, 5) is 12.9. The van der Waals surface area contributed by atoms with Crippen LogP contribution in [-0.2, 0) is 20.0 Å². The maximum Gasteiger partial charge on any atom is 0.273 e. The van der Waals surface area contributed by atoms with Crippen molar-refractivity contribution in [2.24, 2.45) is 0 Å². The molecular weight excluding hydrogens is 689 g/mol. The molecule has 0 spiro atoms. The number of hydrogen-bond acceptors (Lipinski definition) is 8. The van der Waals surface area contributed by atoms with Crippen molar-refractivity contribution in [3.63, 3.8) is 0 Å². The van der Waals surface area contributed by atoms with E-state index in [9.17, 15) is 16.8 Å². The minimum atomic E-state index is -3.73. The molecule has 50 heavy (non-hydrogen) atoms. The van der Waals surface area contributed by atoms with Crippen molar-refractivity contribution < 1.29 is 16.8 Å². The molecule has 3 aromatic carbocycles. The highest BCUT2D eigenvalue weighted by Gasteiger charge is 2.25. The molecule has 0 unspecified atom stereocenters. The Bertz CT molecular complexity index is 2340. The number of fused-ring (bicyclic) bond motifs is 3. The molecule has 1 fully saturated rings. The first-order valence-electron chi connectivity index (χ1n) is 16.5. The molecule has 1 saturated heterocycles. The lowest BCUT2D eigenvalue weighted by molar-refractivity contribution is 0.154. The minimum absolute atomic E-state index is 0.0860. The van der Waals surface area contributed by atoms with Gasteiger partial charge in [-0.25, -0.2) is 21.8 Å². The van der Waals surface area contributed by atoms with Gasteiger partial charge < -0.3 is 14.8 Å². The van der Waals surface area contributed by atoms with Crippen LogP contribution in [0.25, 0.3) is 44.2 Å². The Morgan fingerprint density at radius 1 is 0.820 bits per heavy atom. The number of sulfonamides is 2. The Morgan fingerprint density at radius 3 is 2.24 bits per heavy atom. The van der Waals surface area contributed by atoms with Crippen molar-refractivity contribution in [2.45, 2.75) is 10.6 Å². The molecular formula is C37H40N6O4S3. The number of hydrogen-bond donors (Lipinski definition) is 1. The number of rotatable bonds is 11. The number of thiophene rings is 1. The van der Waals surface area contributed by atoms with Crippen LogP contribution < -0.4 is 8.61 Å². The van der Waals surface area contributed by atoms with E-state index in [1.807, 2.05) is 72.9 Å². The first-order chi connectivity index (χ1) is 24.0. The Morgan fingerprint density at radius 2 is 1.54 bits per heavy atom. The summed E-state index contributed by atoms with van der Waals surface area (Å²) in [6.45, 7) is 4.72. The zero-order valence-corrected chi connectivity index (χ0v) is 30.7. The SMILES string of the molecule is CN1CCN(CCCS(=O)(=O)N(C)c2ccc(-c3cnc4[nH]c5ccc(N(C)S(=O)(=O)c6cccs6)cc5c4c3-c3ccccc3)cc2)CC1. The van der Waals surface area contributed by atoms with Gasteiger partial charge in [-0.05, 0) is 72.9 Å². The van der Waals surface area contributed by atoms with Crippen LogP contribution in [0.4, 0.5) is 11.4 Å². The number of benzene rings is 3. The highest BCUT2D eigenvalue weighted by molar-refractivity contribution is 7.94. The van der Waals surface area contributed by atoms with Gasteiger partial charge in [-0.1, -0.05) is 48.5 Å². The van der Waals surface area contributed by atoms with E-state index in [4.69, 9.17) is 4.98 Å². The lowest BCUT2D eigenvalue weighted by Gasteiger charge is -2.32. The van der Waals surface area contributed by atoms with Crippen LogP contribution in [0.15, 0.2) is 101 Å².